The Kier molecular flexibility index (Phi) is 5.78. The van der Waals surface area contributed by atoms with Crippen LogP contribution >= 0.6 is 0 Å². The molecule has 6 nitrogen and oxygen atoms in total. The lowest BCUT2D eigenvalue weighted by Gasteiger charge is -2.48. The molecule has 1 aliphatic heterocycles. The van der Waals surface area contributed by atoms with Crippen LogP contribution in [0.4, 0.5) is 0 Å². The first-order valence-electron chi connectivity index (χ1n) is 6.10. The van der Waals surface area contributed by atoms with E-state index in [9.17, 15) is 25.5 Å². The summed E-state index contributed by atoms with van der Waals surface area (Å²) in [6.07, 6.45) is -1.96. The Morgan fingerprint density at radius 2 is 1.35 bits per heavy atom. The van der Waals surface area contributed by atoms with Crippen LogP contribution in [0.15, 0.2) is 0 Å². The van der Waals surface area contributed by atoms with Gasteiger partial charge in [0.1, 0.15) is 18.3 Å². The Balaban J connectivity index is 2.84. The highest BCUT2D eigenvalue weighted by Gasteiger charge is 2.46. The third-order valence-electron chi connectivity index (χ3n) is 3.48. The SMILES string of the molecule is CCCCN1[C@H](CO)[C@@H](O)C(O)[C@@H](O)[C@@H]1CO. The van der Waals surface area contributed by atoms with Gasteiger partial charge in [-0.3, -0.25) is 4.90 Å². The van der Waals surface area contributed by atoms with Gasteiger partial charge in [-0.25, -0.2) is 0 Å². The number of aliphatic hydroxyl groups excluding tert-OH is 5. The minimum absolute atomic E-state index is 0.314. The Hall–Kier alpha value is -0.240. The van der Waals surface area contributed by atoms with Gasteiger partial charge in [-0.15, -0.1) is 0 Å². The third kappa shape index (κ3) is 2.96. The fraction of sp³-hybridized carbons (Fsp3) is 1.00. The first kappa shape index (κ1) is 14.8. The van der Waals surface area contributed by atoms with Gasteiger partial charge in [-0.2, -0.15) is 0 Å². The maximum Gasteiger partial charge on any atom is 0.109 e. The van der Waals surface area contributed by atoms with Crippen LogP contribution in [-0.2, 0) is 0 Å². The van der Waals surface area contributed by atoms with Crippen molar-refractivity contribution in [3.63, 3.8) is 0 Å². The second kappa shape index (κ2) is 6.63. The van der Waals surface area contributed by atoms with Gasteiger partial charge in [0.15, 0.2) is 0 Å². The number of nitrogens with zero attached hydrogens (tertiary/aromatic N) is 1. The highest BCUT2D eigenvalue weighted by atomic mass is 16.4. The molecule has 1 rings (SSSR count). The number of piperidine rings is 1. The van der Waals surface area contributed by atoms with Crippen molar-refractivity contribution < 1.29 is 25.5 Å². The van der Waals surface area contributed by atoms with Crippen molar-refractivity contribution in [2.24, 2.45) is 0 Å². The highest BCUT2D eigenvalue weighted by molar-refractivity contribution is 4.99. The Labute approximate surface area is 101 Å². The van der Waals surface area contributed by atoms with Gasteiger partial charge >= 0.3 is 0 Å². The van der Waals surface area contributed by atoms with E-state index >= 15 is 0 Å². The minimum Gasteiger partial charge on any atom is -0.395 e. The molecular weight excluding hydrogens is 226 g/mol. The second-order valence-corrected chi connectivity index (χ2v) is 4.56. The van der Waals surface area contributed by atoms with E-state index in [1.165, 1.54) is 0 Å². The number of unbranched alkanes of at least 4 members (excludes halogenated alkanes) is 1. The molecule has 0 radical (unpaired) electrons. The number of aliphatic hydroxyl groups is 5. The first-order valence-corrected chi connectivity index (χ1v) is 6.10. The molecule has 1 unspecified atom stereocenters. The molecule has 17 heavy (non-hydrogen) atoms. The molecule has 1 aliphatic rings. The summed E-state index contributed by atoms with van der Waals surface area (Å²) in [5, 5.41) is 47.8. The van der Waals surface area contributed by atoms with Gasteiger partial charge in [-0.05, 0) is 13.0 Å². The average Bonchev–Trinajstić information content (AvgIpc) is 2.34. The molecule has 1 heterocycles. The van der Waals surface area contributed by atoms with Crippen LogP contribution in [0.1, 0.15) is 19.8 Å². The summed E-state index contributed by atoms with van der Waals surface area (Å²) < 4.78 is 0. The van der Waals surface area contributed by atoms with Gasteiger partial charge in [0, 0.05) is 0 Å². The van der Waals surface area contributed by atoms with E-state index in [4.69, 9.17) is 0 Å². The van der Waals surface area contributed by atoms with Gasteiger partial charge in [-0.1, -0.05) is 13.3 Å². The van der Waals surface area contributed by atoms with Crippen molar-refractivity contribution in [1.29, 1.82) is 0 Å². The Morgan fingerprint density at radius 1 is 0.882 bits per heavy atom. The molecule has 0 bridgehead atoms. The zero-order valence-corrected chi connectivity index (χ0v) is 10.1. The maximum absolute atomic E-state index is 9.80. The van der Waals surface area contributed by atoms with Crippen molar-refractivity contribution >= 4 is 0 Å². The molecule has 102 valence electrons. The van der Waals surface area contributed by atoms with E-state index in [1.807, 2.05) is 6.92 Å². The van der Waals surface area contributed by atoms with E-state index in [2.05, 4.69) is 0 Å². The van der Waals surface area contributed by atoms with E-state index in [1.54, 1.807) is 4.90 Å². The molecule has 0 aromatic heterocycles. The Morgan fingerprint density at radius 3 is 1.71 bits per heavy atom. The average molecular weight is 249 g/mol. The summed E-state index contributed by atoms with van der Waals surface area (Å²) in [6.45, 7) is 1.94. The van der Waals surface area contributed by atoms with Crippen LogP contribution in [0.3, 0.4) is 0 Å². The first-order chi connectivity index (χ1) is 8.08. The number of hydrogen-bond donors (Lipinski definition) is 5. The summed E-state index contributed by atoms with van der Waals surface area (Å²) in [4.78, 5) is 1.69. The third-order valence-corrected chi connectivity index (χ3v) is 3.48. The molecule has 0 aliphatic carbocycles. The topological polar surface area (TPSA) is 104 Å². The standard InChI is InChI=1S/C11H23NO5/c1-2-3-4-12-7(5-13)9(15)11(17)10(16)8(12)6-14/h7-11,13-17H,2-6H2,1H3/t7-,8+,9-,10+,11?. The largest absolute Gasteiger partial charge is 0.395 e. The molecule has 1 saturated heterocycles. The van der Waals surface area contributed by atoms with Gasteiger partial charge in [0.2, 0.25) is 0 Å². The van der Waals surface area contributed by atoms with Gasteiger partial charge in [0.05, 0.1) is 25.3 Å². The van der Waals surface area contributed by atoms with Crippen LogP contribution in [0.25, 0.3) is 0 Å². The van der Waals surface area contributed by atoms with E-state index < -0.39 is 30.4 Å². The lowest BCUT2D eigenvalue weighted by molar-refractivity contribution is -0.177. The summed E-state index contributed by atoms with van der Waals surface area (Å²) in [5.74, 6) is 0. The Bertz CT molecular complexity index is 210. The smallest absolute Gasteiger partial charge is 0.109 e. The fourth-order valence-electron chi connectivity index (χ4n) is 2.39. The minimum atomic E-state index is -1.33. The van der Waals surface area contributed by atoms with E-state index in [-0.39, 0.29) is 13.2 Å². The summed E-state index contributed by atoms with van der Waals surface area (Å²) in [5.41, 5.74) is 0. The molecule has 0 aromatic carbocycles. The predicted molar refractivity (Wildman–Crippen MR) is 61.4 cm³/mol. The lowest BCUT2D eigenvalue weighted by Crippen LogP contribution is -2.68. The quantitative estimate of drug-likeness (QED) is 0.382. The van der Waals surface area contributed by atoms with Gasteiger partial charge < -0.3 is 25.5 Å². The molecule has 6 heteroatoms. The number of likely N-dealkylation sites (tertiary alicyclic amines) is 1. The molecule has 0 aromatic rings. The van der Waals surface area contributed by atoms with Crippen LogP contribution < -0.4 is 0 Å². The van der Waals surface area contributed by atoms with Crippen LogP contribution in [-0.4, -0.2) is 80.6 Å². The fourth-order valence-corrected chi connectivity index (χ4v) is 2.39. The van der Waals surface area contributed by atoms with Crippen LogP contribution in [0, 0.1) is 0 Å². The zero-order valence-electron chi connectivity index (χ0n) is 10.1. The molecule has 5 N–H and O–H groups in total. The normalized spacial score (nSPS) is 39.5. The van der Waals surface area contributed by atoms with E-state index in [0.29, 0.717) is 6.54 Å². The van der Waals surface area contributed by atoms with E-state index in [0.717, 1.165) is 12.8 Å². The second-order valence-electron chi connectivity index (χ2n) is 4.56. The zero-order chi connectivity index (χ0) is 13.0. The molecule has 0 spiro atoms. The van der Waals surface area contributed by atoms with Gasteiger partial charge in [0.25, 0.3) is 0 Å². The molecule has 5 atom stereocenters. The molecule has 0 amide bonds. The molecule has 1 fully saturated rings. The highest BCUT2D eigenvalue weighted by Crippen LogP contribution is 2.24. The number of rotatable bonds is 5. The lowest BCUT2D eigenvalue weighted by atomic mass is 9.88. The monoisotopic (exact) mass is 249 g/mol. The molecule has 0 saturated carbocycles. The maximum atomic E-state index is 9.80. The van der Waals surface area contributed by atoms with Crippen LogP contribution in [0.2, 0.25) is 0 Å². The summed E-state index contributed by atoms with van der Waals surface area (Å²) in [6, 6.07) is -1.28. The van der Waals surface area contributed by atoms with Crippen molar-refractivity contribution in [3.05, 3.63) is 0 Å². The van der Waals surface area contributed by atoms with Crippen molar-refractivity contribution in [1.82, 2.24) is 4.90 Å². The predicted octanol–water partition coefficient (Wildman–Crippen LogP) is -2.09. The summed E-state index contributed by atoms with van der Waals surface area (Å²) in [7, 11) is 0. The van der Waals surface area contributed by atoms with Crippen molar-refractivity contribution in [3.8, 4) is 0 Å². The summed E-state index contributed by atoms with van der Waals surface area (Å²) >= 11 is 0. The van der Waals surface area contributed by atoms with Crippen LogP contribution in [0.5, 0.6) is 0 Å². The number of hydrogen-bond acceptors (Lipinski definition) is 6. The van der Waals surface area contributed by atoms with Crippen molar-refractivity contribution in [2.45, 2.75) is 50.2 Å². The van der Waals surface area contributed by atoms with Crippen molar-refractivity contribution in [2.75, 3.05) is 19.8 Å². The molecular formula is C11H23NO5.